The summed E-state index contributed by atoms with van der Waals surface area (Å²) < 4.78 is 5.97. The van der Waals surface area contributed by atoms with Gasteiger partial charge in [0, 0.05) is 19.0 Å². The van der Waals surface area contributed by atoms with Crippen LogP contribution in [0.1, 0.15) is 44.7 Å². The number of nitrogens with zero attached hydrogens (tertiary/aromatic N) is 1. The van der Waals surface area contributed by atoms with E-state index in [9.17, 15) is 0 Å². The standard InChI is InChI=1S/C16H25NO/c1-12(2)18-16(4,5)17-10-15(11-17)14-8-6-13(3)7-9-14/h6-9,12,15H,10-11H2,1-5H3. The Hall–Kier alpha value is -0.860. The molecule has 1 heterocycles. The summed E-state index contributed by atoms with van der Waals surface area (Å²) in [5, 5.41) is 0. The molecule has 0 atom stereocenters. The lowest BCUT2D eigenvalue weighted by Crippen LogP contribution is -2.57. The molecule has 2 rings (SSSR count). The predicted octanol–water partition coefficient (Wildman–Crippen LogP) is 3.56. The molecular formula is C16H25NO. The highest BCUT2D eigenvalue weighted by molar-refractivity contribution is 5.27. The number of hydrogen-bond acceptors (Lipinski definition) is 2. The Morgan fingerprint density at radius 1 is 1.17 bits per heavy atom. The van der Waals surface area contributed by atoms with Crippen molar-refractivity contribution in [3.8, 4) is 0 Å². The quantitative estimate of drug-likeness (QED) is 0.806. The molecule has 0 N–H and O–H groups in total. The summed E-state index contributed by atoms with van der Waals surface area (Å²) in [5.41, 5.74) is 2.64. The minimum atomic E-state index is -0.143. The zero-order valence-electron chi connectivity index (χ0n) is 12.2. The van der Waals surface area contributed by atoms with Gasteiger partial charge in [0.15, 0.2) is 0 Å². The van der Waals surface area contributed by atoms with Gasteiger partial charge in [-0.3, -0.25) is 4.90 Å². The van der Waals surface area contributed by atoms with Gasteiger partial charge in [0.2, 0.25) is 0 Å². The number of hydrogen-bond donors (Lipinski definition) is 0. The molecule has 2 nitrogen and oxygen atoms in total. The molecule has 1 fully saturated rings. The molecule has 100 valence electrons. The van der Waals surface area contributed by atoms with Crippen LogP contribution in [0.2, 0.25) is 0 Å². The summed E-state index contributed by atoms with van der Waals surface area (Å²) in [6.45, 7) is 12.9. The van der Waals surface area contributed by atoms with Crippen LogP contribution in [0, 0.1) is 6.92 Å². The van der Waals surface area contributed by atoms with E-state index in [2.05, 4.69) is 63.8 Å². The van der Waals surface area contributed by atoms with Crippen LogP contribution < -0.4 is 0 Å². The van der Waals surface area contributed by atoms with E-state index in [4.69, 9.17) is 4.74 Å². The number of rotatable bonds is 4. The third kappa shape index (κ3) is 2.93. The molecule has 1 saturated heterocycles. The fourth-order valence-corrected chi connectivity index (χ4v) is 2.62. The van der Waals surface area contributed by atoms with Crippen LogP contribution >= 0.6 is 0 Å². The summed E-state index contributed by atoms with van der Waals surface area (Å²) in [4.78, 5) is 2.41. The van der Waals surface area contributed by atoms with Crippen molar-refractivity contribution < 1.29 is 4.74 Å². The van der Waals surface area contributed by atoms with E-state index in [1.165, 1.54) is 11.1 Å². The Morgan fingerprint density at radius 2 is 1.72 bits per heavy atom. The zero-order chi connectivity index (χ0) is 13.3. The van der Waals surface area contributed by atoms with Crippen LogP contribution in [0.3, 0.4) is 0 Å². The van der Waals surface area contributed by atoms with Gasteiger partial charge in [-0.05, 0) is 40.2 Å². The molecule has 1 aliphatic rings. The summed E-state index contributed by atoms with van der Waals surface area (Å²) in [5.74, 6) is 0.667. The SMILES string of the molecule is Cc1ccc(C2CN(C(C)(C)OC(C)C)C2)cc1. The Morgan fingerprint density at radius 3 is 2.22 bits per heavy atom. The van der Waals surface area contributed by atoms with Crippen LogP contribution in [0.25, 0.3) is 0 Å². The van der Waals surface area contributed by atoms with Crippen molar-refractivity contribution in [1.82, 2.24) is 4.90 Å². The maximum absolute atomic E-state index is 5.97. The highest BCUT2D eigenvalue weighted by atomic mass is 16.5. The largest absolute Gasteiger partial charge is 0.358 e. The van der Waals surface area contributed by atoms with E-state index >= 15 is 0 Å². The van der Waals surface area contributed by atoms with Gasteiger partial charge in [0.25, 0.3) is 0 Å². The summed E-state index contributed by atoms with van der Waals surface area (Å²) in [6, 6.07) is 8.92. The maximum Gasteiger partial charge on any atom is 0.116 e. The lowest BCUT2D eigenvalue weighted by molar-refractivity contribution is -0.181. The van der Waals surface area contributed by atoms with Gasteiger partial charge >= 0.3 is 0 Å². The fourth-order valence-electron chi connectivity index (χ4n) is 2.62. The van der Waals surface area contributed by atoms with Crippen molar-refractivity contribution in [3.63, 3.8) is 0 Å². The van der Waals surface area contributed by atoms with Gasteiger partial charge in [0.1, 0.15) is 5.72 Å². The second kappa shape index (κ2) is 5.02. The molecular weight excluding hydrogens is 222 g/mol. The molecule has 0 bridgehead atoms. The summed E-state index contributed by atoms with van der Waals surface area (Å²) in [7, 11) is 0. The van der Waals surface area contributed by atoms with Crippen LogP contribution in [0.15, 0.2) is 24.3 Å². The average Bonchev–Trinajstić information content (AvgIpc) is 2.16. The lowest BCUT2D eigenvalue weighted by atomic mass is 9.89. The van der Waals surface area contributed by atoms with Crippen LogP contribution in [-0.2, 0) is 4.74 Å². The van der Waals surface area contributed by atoms with E-state index in [0.717, 1.165) is 13.1 Å². The van der Waals surface area contributed by atoms with Gasteiger partial charge in [-0.1, -0.05) is 29.8 Å². The average molecular weight is 247 g/mol. The first-order chi connectivity index (χ1) is 8.38. The van der Waals surface area contributed by atoms with Crippen molar-refractivity contribution in [1.29, 1.82) is 0 Å². The minimum absolute atomic E-state index is 0.143. The predicted molar refractivity (Wildman–Crippen MR) is 75.8 cm³/mol. The lowest BCUT2D eigenvalue weighted by Gasteiger charge is -2.49. The van der Waals surface area contributed by atoms with Gasteiger partial charge < -0.3 is 4.74 Å². The smallest absolute Gasteiger partial charge is 0.116 e. The molecule has 1 aromatic carbocycles. The van der Waals surface area contributed by atoms with Crippen molar-refractivity contribution in [2.24, 2.45) is 0 Å². The number of aryl methyl sites for hydroxylation is 1. The van der Waals surface area contributed by atoms with Crippen LogP contribution in [0.4, 0.5) is 0 Å². The number of likely N-dealkylation sites (tertiary alicyclic amines) is 1. The van der Waals surface area contributed by atoms with Gasteiger partial charge in [-0.15, -0.1) is 0 Å². The fraction of sp³-hybridized carbons (Fsp3) is 0.625. The molecule has 0 aromatic heterocycles. The molecule has 0 amide bonds. The van der Waals surface area contributed by atoms with E-state index in [0.29, 0.717) is 5.92 Å². The van der Waals surface area contributed by atoms with Crippen molar-refractivity contribution >= 4 is 0 Å². The molecule has 0 unspecified atom stereocenters. The molecule has 1 aliphatic heterocycles. The maximum atomic E-state index is 5.97. The number of benzene rings is 1. The second-order valence-corrected chi connectivity index (χ2v) is 6.13. The van der Waals surface area contributed by atoms with Crippen molar-refractivity contribution in [2.75, 3.05) is 13.1 Å². The summed E-state index contributed by atoms with van der Waals surface area (Å²) >= 11 is 0. The third-order valence-corrected chi connectivity index (χ3v) is 3.72. The van der Waals surface area contributed by atoms with E-state index < -0.39 is 0 Å². The first-order valence-corrected chi connectivity index (χ1v) is 6.88. The Kier molecular flexibility index (Phi) is 3.79. The molecule has 18 heavy (non-hydrogen) atoms. The minimum Gasteiger partial charge on any atom is -0.358 e. The monoisotopic (exact) mass is 247 g/mol. The topological polar surface area (TPSA) is 12.5 Å². The van der Waals surface area contributed by atoms with E-state index in [-0.39, 0.29) is 11.8 Å². The van der Waals surface area contributed by atoms with Crippen LogP contribution in [0.5, 0.6) is 0 Å². The normalized spacial score (nSPS) is 18.1. The zero-order valence-corrected chi connectivity index (χ0v) is 12.2. The molecule has 0 spiro atoms. The number of ether oxygens (including phenoxy) is 1. The molecule has 0 radical (unpaired) electrons. The van der Waals surface area contributed by atoms with Crippen molar-refractivity contribution in [2.45, 2.75) is 52.4 Å². The Bertz CT molecular complexity index is 388. The van der Waals surface area contributed by atoms with Gasteiger partial charge in [-0.25, -0.2) is 0 Å². The first kappa shape index (κ1) is 13.6. The molecule has 2 heteroatoms. The van der Waals surface area contributed by atoms with E-state index in [1.807, 2.05) is 0 Å². The highest BCUT2D eigenvalue weighted by Gasteiger charge is 2.38. The Labute approximate surface area is 111 Å². The molecule has 1 aromatic rings. The third-order valence-electron chi connectivity index (χ3n) is 3.72. The van der Waals surface area contributed by atoms with E-state index in [1.54, 1.807) is 0 Å². The summed E-state index contributed by atoms with van der Waals surface area (Å²) in [6.07, 6.45) is 0.276. The first-order valence-electron chi connectivity index (χ1n) is 6.88. The van der Waals surface area contributed by atoms with Gasteiger partial charge in [0.05, 0.1) is 6.10 Å². The van der Waals surface area contributed by atoms with Crippen molar-refractivity contribution in [3.05, 3.63) is 35.4 Å². The molecule has 0 saturated carbocycles. The Balaban J connectivity index is 1.92. The van der Waals surface area contributed by atoms with Gasteiger partial charge in [-0.2, -0.15) is 0 Å². The highest BCUT2D eigenvalue weighted by Crippen LogP contribution is 2.33. The van der Waals surface area contributed by atoms with Crippen LogP contribution in [-0.4, -0.2) is 29.8 Å². The second-order valence-electron chi connectivity index (χ2n) is 6.13. The molecule has 0 aliphatic carbocycles.